The topological polar surface area (TPSA) is 46.9 Å². The van der Waals surface area contributed by atoms with Gasteiger partial charge in [-0.2, -0.15) is 0 Å². The lowest BCUT2D eigenvalue weighted by Crippen LogP contribution is -2.23. The van der Waals surface area contributed by atoms with Gasteiger partial charge in [0.15, 0.2) is 0 Å². The first-order chi connectivity index (χ1) is 10.7. The van der Waals surface area contributed by atoms with E-state index in [1.165, 1.54) is 31.3 Å². The highest BCUT2D eigenvalue weighted by Crippen LogP contribution is 2.48. The molecular formula is C18H21N3O. The van der Waals surface area contributed by atoms with Crippen LogP contribution >= 0.6 is 0 Å². The maximum atomic E-state index is 12.2. The van der Waals surface area contributed by atoms with Crippen molar-refractivity contribution in [1.29, 1.82) is 0 Å². The molecule has 0 unspecified atom stereocenters. The number of aromatic nitrogens is 2. The van der Waals surface area contributed by atoms with Crippen LogP contribution in [-0.2, 0) is 18.4 Å². The van der Waals surface area contributed by atoms with Crippen molar-refractivity contribution in [3.8, 4) is 0 Å². The minimum absolute atomic E-state index is 0.0286. The number of para-hydroxylation sites is 2. The molecule has 2 fully saturated rings. The number of nitrogens with one attached hydrogen (secondary N) is 1. The van der Waals surface area contributed by atoms with Crippen LogP contribution in [0.5, 0.6) is 0 Å². The SMILES string of the molecule is Cn1c(CNC(=O)C=C(C2CC2)C2CC2)nc2ccccc21. The van der Waals surface area contributed by atoms with Crippen molar-refractivity contribution in [2.45, 2.75) is 32.2 Å². The smallest absolute Gasteiger partial charge is 0.244 e. The van der Waals surface area contributed by atoms with E-state index in [0.717, 1.165) is 16.9 Å². The fraction of sp³-hybridized carbons (Fsp3) is 0.444. The van der Waals surface area contributed by atoms with Gasteiger partial charge in [0.1, 0.15) is 5.82 Å². The number of fused-ring (bicyclic) bond motifs is 1. The van der Waals surface area contributed by atoms with Crippen LogP contribution < -0.4 is 5.32 Å². The number of rotatable bonds is 5. The molecule has 1 aromatic carbocycles. The summed E-state index contributed by atoms with van der Waals surface area (Å²) in [4.78, 5) is 16.8. The number of carbonyl (C=O) groups excluding carboxylic acids is 1. The number of amides is 1. The number of hydrogen-bond acceptors (Lipinski definition) is 2. The average molecular weight is 295 g/mol. The highest BCUT2D eigenvalue weighted by atomic mass is 16.1. The van der Waals surface area contributed by atoms with Gasteiger partial charge in [-0.15, -0.1) is 0 Å². The van der Waals surface area contributed by atoms with Crippen molar-refractivity contribution >= 4 is 16.9 Å². The van der Waals surface area contributed by atoms with Crippen LogP contribution in [0, 0.1) is 11.8 Å². The summed E-state index contributed by atoms with van der Waals surface area (Å²) < 4.78 is 2.04. The van der Waals surface area contributed by atoms with Gasteiger partial charge < -0.3 is 9.88 Å². The molecule has 22 heavy (non-hydrogen) atoms. The van der Waals surface area contributed by atoms with E-state index in [0.29, 0.717) is 18.4 Å². The van der Waals surface area contributed by atoms with Gasteiger partial charge in [0.05, 0.1) is 17.6 Å². The van der Waals surface area contributed by atoms with Crippen molar-refractivity contribution in [2.24, 2.45) is 18.9 Å². The van der Waals surface area contributed by atoms with Crippen LogP contribution in [0.4, 0.5) is 0 Å². The Morgan fingerprint density at radius 3 is 2.59 bits per heavy atom. The molecule has 1 N–H and O–H groups in total. The number of hydrogen-bond donors (Lipinski definition) is 1. The maximum Gasteiger partial charge on any atom is 0.244 e. The Morgan fingerprint density at radius 2 is 1.95 bits per heavy atom. The molecule has 114 valence electrons. The Morgan fingerprint density at radius 1 is 1.27 bits per heavy atom. The Kier molecular flexibility index (Phi) is 3.25. The largest absolute Gasteiger partial charge is 0.345 e. The first kappa shape index (κ1) is 13.6. The number of nitrogens with zero attached hydrogens (tertiary/aromatic N) is 2. The molecule has 0 bridgehead atoms. The second-order valence-electron chi connectivity index (χ2n) is 6.49. The van der Waals surface area contributed by atoms with Crippen molar-refractivity contribution in [3.63, 3.8) is 0 Å². The van der Waals surface area contributed by atoms with Gasteiger partial charge in [0, 0.05) is 13.1 Å². The lowest BCUT2D eigenvalue weighted by Gasteiger charge is -2.06. The quantitative estimate of drug-likeness (QED) is 0.862. The molecule has 2 aliphatic rings. The van der Waals surface area contributed by atoms with Gasteiger partial charge in [0.25, 0.3) is 0 Å². The highest BCUT2D eigenvalue weighted by Gasteiger charge is 2.36. The number of aryl methyl sites for hydroxylation is 1. The number of carbonyl (C=O) groups is 1. The van der Waals surface area contributed by atoms with E-state index in [1.807, 2.05) is 42.0 Å². The predicted octanol–water partition coefficient (Wildman–Crippen LogP) is 2.94. The molecule has 0 saturated heterocycles. The summed E-state index contributed by atoms with van der Waals surface area (Å²) in [6.07, 6.45) is 6.92. The van der Waals surface area contributed by atoms with Gasteiger partial charge >= 0.3 is 0 Å². The molecule has 0 atom stereocenters. The third kappa shape index (κ3) is 2.65. The average Bonchev–Trinajstić information content (AvgIpc) is 3.42. The van der Waals surface area contributed by atoms with E-state index >= 15 is 0 Å². The molecule has 1 heterocycles. The fourth-order valence-corrected chi connectivity index (χ4v) is 3.12. The van der Waals surface area contributed by atoms with Gasteiger partial charge in [-0.1, -0.05) is 17.7 Å². The molecule has 1 aromatic heterocycles. The molecule has 4 heteroatoms. The molecule has 1 amide bonds. The van der Waals surface area contributed by atoms with E-state index < -0.39 is 0 Å². The summed E-state index contributed by atoms with van der Waals surface area (Å²) in [6.45, 7) is 0.475. The van der Waals surface area contributed by atoms with E-state index in [1.54, 1.807) is 0 Å². The monoisotopic (exact) mass is 295 g/mol. The summed E-state index contributed by atoms with van der Waals surface area (Å²) in [5, 5.41) is 3.00. The minimum atomic E-state index is 0.0286. The van der Waals surface area contributed by atoms with Crippen LogP contribution in [0.25, 0.3) is 11.0 Å². The van der Waals surface area contributed by atoms with E-state index in [2.05, 4.69) is 10.3 Å². The summed E-state index contributed by atoms with van der Waals surface area (Å²) >= 11 is 0. The van der Waals surface area contributed by atoms with Crippen molar-refractivity contribution in [3.05, 3.63) is 41.7 Å². The predicted molar refractivity (Wildman–Crippen MR) is 86.1 cm³/mol. The number of allylic oxidation sites excluding steroid dienone is 1. The zero-order chi connectivity index (χ0) is 15.1. The summed E-state index contributed by atoms with van der Waals surface area (Å²) in [5.41, 5.74) is 3.46. The summed E-state index contributed by atoms with van der Waals surface area (Å²) in [5.74, 6) is 2.30. The van der Waals surface area contributed by atoms with Gasteiger partial charge in [-0.05, 0) is 49.7 Å². The molecular weight excluding hydrogens is 274 g/mol. The number of benzene rings is 1. The second kappa shape index (κ2) is 5.27. The van der Waals surface area contributed by atoms with E-state index in [9.17, 15) is 4.79 Å². The first-order valence-corrected chi connectivity index (χ1v) is 8.12. The third-order valence-corrected chi connectivity index (χ3v) is 4.70. The van der Waals surface area contributed by atoms with Crippen LogP contribution in [0.1, 0.15) is 31.5 Å². The normalized spacial score (nSPS) is 17.5. The lowest BCUT2D eigenvalue weighted by atomic mass is 10.1. The standard InChI is InChI=1S/C18H21N3O/c1-21-16-5-3-2-4-15(16)20-17(21)11-19-18(22)10-14(12-6-7-12)13-8-9-13/h2-5,10,12-13H,6-9,11H2,1H3,(H,19,22). The van der Waals surface area contributed by atoms with Crippen molar-refractivity contribution in [1.82, 2.24) is 14.9 Å². The lowest BCUT2D eigenvalue weighted by molar-refractivity contribution is -0.116. The molecule has 0 spiro atoms. The zero-order valence-corrected chi connectivity index (χ0v) is 12.9. The Balaban J connectivity index is 1.46. The Labute approximate surface area is 130 Å². The molecule has 2 aromatic rings. The first-order valence-electron chi connectivity index (χ1n) is 8.12. The third-order valence-electron chi connectivity index (χ3n) is 4.70. The van der Waals surface area contributed by atoms with Crippen molar-refractivity contribution < 1.29 is 4.79 Å². The maximum absolute atomic E-state index is 12.2. The van der Waals surface area contributed by atoms with Crippen LogP contribution in [0.2, 0.25) is 0 Å². The molecule has 4 nitrogen and oxygen atoms in total. The van der Waals surface area contributed by atoms with Crippen LogP contribution in [0.15, 0.2) is 35.9 Å². The molecule has 2 aliphatic carbocycles. The van der Waals surface area contributed by atoms with Gasteiger partial charge in [-0.25, -0.2) is 4.98 Å². The summed E-state index contributed by atoms with van der Waals surface area (Å²) in [7, 11) is 1.99. The summed E-state index contributed by atoms with van der Waals surface area (Å²) in [6, 6.07) is 8.04. The van der Waals surface area contributed by atoms with Gasteiger partial charge in [0.2, 0.25) is 5.91 Å². The van der Waals surface area contributed by atoms with E-state index in [4.69, 9.17) is 0 Å². The van der Waals surface area contributed by atoms with Gasteiger partial charge in [-0.3, -0.25) is 4.79 Å². The second-order valence-corrected chi connectivity index (χ2v) is 6.49. The van der Waals surface area contributed by atoms with Crippen molar-refractivity contribution in [2.75, 3.05) is 0 Å². The molecule has 0 aliphatic heterocycles. The number of imidazole rings is 1. The zero-order valence-electron chi connectivity index (χ0n) is 12.9. The fourth-order valence-electron chi connectivity index (χ4n) is 3.12. The Hall–Kier alpha value is -2.10. The van der Waals surface area contributed by atoms with E-state index in [-0.39, 0.29) is 5.91 Å². The Bertz CT molecular complexity index is 737. The highest BCUT2D eigenvalue weighted by molar-refractivity contribution is 5.88. The molecule has 2 saturated carbocycles. The van der Waals surface area contributed by atoms with Crippen LogP contribution in [-0.4, -0.2) is 15.5 Å². The van der Waals surface area contributed by atoms with Crippen LogP contribution in [0.3, 0.4) is 0 Å². The minimum Gasteiger partial charge on any atom is -0.345 e. The molecule has 0 radical (unpaired) electrons. The molecule has 4 rings (SSSR count).